The lowest BCUT2D eigenvalue weighted by atomic mass is 9.53. The first-order chi connectivity index (χ1) is 14.9. The number of hydrogen-bond donors (Lipinski definition) is 1. The van der Waals surface area contributed by atoms with Crippen LogP contribution in [0.15, 0.2) is 29.4 Å². The molecule has 1 aromatic heterocycles. The van der Waals surface area contributed by atoms with Crippen LogP contribution in [0.4, 0.5) is 0 Å². The molecule has 4 bridgehead atoms. The quantitative estimate of drug-likeness (QED) is 0.611. The van der Waals surface area contributed by atoms with Crippen molar-refractivity contribution in [2.45, 2.75) is 68.0 Å². The molecule has 1 aromatic carbocycles. The van der Waals surface area contributed by atoms with Gasteiger partial charge in [0.2, 0.25) is 5.91 Å². The Balaban J connectivity index is 1.19. The molecular weight excluding hydrogens is 432 g/mol. The minimum absolute atomic E-state index is 0.0362. The van der Waals surface area contributed by atoms with E-state index in [-0.39, 0.29) is 23.3 Å². The van der Waals surface area contributed by atoms with Gasteiger partial charge in [0, 0.05) is 12.6 Å². The van der Waals surface area contributed by atoms with Gasteiger partial charge in [-0.1, -0.05) is 35.5 Å². The van der Waals surface area contributed by atoms with E-state index in [1.807, 2.05) is 36.7 Å². The van der Waals surface area contributed by atoms with Gasteiger partial charge >= 0.3 is 0 Å². The van der Waals surface area contributed by atoms with Crippen molar-refractivity contribution in [1.82, 2.24) is 20.1 Å². The number of halogens is 1. The molecule has 1 atom stereocenters. The maximum atomic E-state index is 13.1. The zero-order valence-corrected chi connectivity index (χ0v) is 19.6. The van der Waals surface area contributed by atoms with Crippen LogP contribution in [-0.2, 0) is 18.4 Å². The lowest BCUT2D eigenvalue weighted by Crippen LogP contribution is -2.60. The fourth-order valence-electron chi connectivity index (χ4n) is 6.12. The van der Waals surface area contributed by atoms with Crippen LogP contribution < -0.4 is 10.1 Å². The van der Waals surface area contributed by atoms with Crippen molar-refractivity contribution >= 4 is 29.3 Å². The first kappa shape index (κ1) is 21.1. The topological polar surface area (TPSA) is 69.0 Å². The molecule has 4 fully saturated rings. The third kappa shape index (κ3) is 4.31. The average molecular weight is 461 g/mol. The molecule has 0 radical (unpaired) electrons. The molecule has 6 rings (SSSR count). The van der Waals surface area contributed by atoms with Crippen LogP contribution in [0.3, 0.4) is 0 Å². The molecule has 1 unspecified atom stereocenters. The van der Waals surface area contributed by atoms with E-state index >= 15 is 0 Å². The molecule has 166 valence electrons. The number of nitrogens with zero attached hydrogens (tertiary/aromatic N) is 3. The number of hydrogen-bond acceptors (Lipinski definition) is 5. The second-order valence-electron chi connectivity index (χ2n) is 9.62. The van der Waals surface area contributed by atoms with E-state index in [0.717, 1.165) is 37.0 Å². The van der Waals surface area contributed by atoms with Crippen LogP contribution in [0.2, 0.25) is 5.02 Å². The van der Waals surface area contributed by atoms with Gasteiger partial charge in [-0.15, -0.1) is 10.2 Å². The number of amides is 1. The van der Waals surface area contributed by atoms with Gasteiger partial charge in [-0.25, -0.2) is 0 Å². The Morgan fingerprint density at radius 2 is 1.87 bits per heavy atom. The lowest BCUT2D eigenvalue weighted by Gasteiger charge is -2.57. The van der Waals surface area contributed by atoms with Crippen molar-refractivity contribution < 1.29 is 9.53 Å². The minimum Gasteiger partial charge on any atom is -0.484 e. The number of nitrogens with one attached hydrogen (secondary N) is 1. The summed E-state index contributed by atoms with van der Waals surface area (Å²) in [5, 5.41) is 13.0. The molecule has 6 nitrogen and oxygen atoms in total. The van der Waals surface area contributed by atoms with Gasteiger partial charge in [-0.3, -0.25) is 4.79 Å². The van der Waals surface area contributed by atoms with E-state index in [0.29, 0.717) is 21.8 Å². The summed E-state index contributed by atoms with van der Waals surface area (Å²) in [7, 11) is 1.90. The standard InChI is InChI=1S/C23H29ClN4O2S/c1-14(21(29)25-23-10-15-7-16(11-23)9-17(8-15)12-23)31-22-27-26-20(28(22)2)13-30-19-6-4-3-5-18(19)24/h3-6,14-17H,7-13H2,1-2H3,(H,25,29). The number of carbonyl (C=O) groups excluding carboxylic acids is 1. The number of carbonyl (C=O) groups is 1. The van der Waals surface area contributed by atoms with E-state index in [9.17, 15) is 4.79 Å². The van der Waals surface area contributed by atoms with Crippen LogP contribution in [0.25, 0.3) is 0 Å². The lowest BCUT2D eigenvalue weighted by molar-refractivity contribution is -0.126. The van der Waals surface area contributed by atoms with E-state index < -0.39 is 0 Å². The maximum absolute atomic E-state index is 13.1. The molecule has 2 aromatic rings. The summed E-state index contributed by atoms with van der Waals surface area (Å²) >= 11 is 7.60. The van der Waals surface area contributed by atoms with Gasteiger partial charge in [0.25, 0.3) is 0 Å². The molecule has 1 amide bonds. The molecule has 0 spiro atoms. The highest BCUT2D eigenvalue weighted by molar-refractivity contribution is 8.00. The summed E-state index contributed by atoms with van der Waals surface area (Å²) in [6.45, 7) is 2.22. The molecule has 1 heterocycles. The van der Waals surface area contributed by atoms with Crippen molar-refractivity contribution in [3.63, 3.8) is 0 Å². The Morgan fingerprint density at radius 1 is 1.23 bits per heavy atom. The van der Waals surface area contributed by atoms with Gasteiger partial charge in [-0.05, 0) is 75.3 Å². The SMILES string of the molecule is CC(Sc1nnc(COc2ccccc2Cl)n1C)C(=O)NC12CC3CC(CC(C3)C1)C2. The fourth-order valence-corrected chi connectivity index (χ4v) is 7.14. The Morgan fingerprint density at radius 3 is 2.52 bits per heavy atom. The highest BCUT2D eigenvalue weighted by Gasteiger charge is 2.51. The first-order valence-corrected chi connectivity index (χ1v) is 12.4. The summed E-state index contributed by atoms with van der Waals surface area (Å²) in [5.41, 5.74) is 0.0362. The summed E-state index contributed by atoms with van der Waals surface area (Å²) < 4.78 is 7.67. The minimum atomic E-state index is -0.228. The normalized spacial score (nSPS) is 29.7. The maximum Gasteiger partial charge on any atom is 0.233 e. The van der Waals surface area contributed by atoms with Crippen LogP contribution >= 0.6 is 23.4 Å². The highest BCUT2D eigenvalue weighted by Crippen LogP contribution is 2.55. The van der Waals surface area contributed by atoms with Crippen LogP contribution in [-0.4, -0.2) is 31.5 Å². The summed E-state index contributed by atoms with van der Waals surface area (Å²) in [6, 6.07) is 7.36. The Labute approximate surface area is 192 Å². The Hall–Kier alpha value is -1.73. The van der Waals surface area contributed by atoms with E-state index in [1.165, 1.54) is 31.0 Å². The van der Waals surface area contributed by atoms with Gasteiger partial charge < -0.3 is 14.6 Å². The molecule has 0 saturated heterocycles. The second kappa shape index (κ2) is 8.32. The van der Waals surface area contributed by atoms with Crippen LogP contribution in [0, 0.1) is 17.8 Å². The predicted octanol–water partition coefficient (Wildman–Crippen LogP) is 4.61. The van der Waals surface area contributed by atoms with Crippen molar-refractivity contribution in [2.24, 2.45) is 24.8 Å². The average Bonchev–Trinajstić information content (AvgIpc) is 3.05. The first-order valence-electron chi connectivity index (χ1n) is 11.1. The largest absolute Gasteiger partial charge is 0.484 e. The summed E-state index contributed by atoms with van der Waals surface area (Å²) in [5.74, 6) is 3.86. The number of thioether (sulfide) groups is 1. The van der Waals surface area contributed by atoms with Crippen molar-refractivity contribution in [3.8, 4) is 5.75 Å². The van der Waals surface area contributed by atoms with Gasteiger partial charge in [0.15, 0.2) is 11.0 Å². The van der Waals surface area contributed by atoms with E-state index in [4.69, 9.17) is 16.3 Å². The zero-order chi connectivity index (χ0) is 21.6. The second-order valence-corrected chi connectivity index (χ2v) is 11.3. The van der Waals surface area contributed by atoms with Crippen molar-refractivity contribution in [1.29, 1.82) is 0 Å². The van der Waals surface area contributed by atoms with Gasteiger partial charge in [-0.2, -0.15) is 0 Å². The Kier molecular flexibility index (Phi) is 5.67. The third-order valence-corrected chi connectivity index (χ3v) is 8.64. The molecular formula is C23H29ClN4O2S. The van der Waals surface area contributed by atoms with E-state index in [2.05, 4.69) is 15.5 Å². The number of benzene rings is 1. The van der Waals surface area contributed by atoms with Crippen molar-refractivity contribution in [2.75, 3.05) is 0 Å². The summed E-state index contributed by atoms with van der Waals surface area (Å²) in [4.78, 5) is 13.1. The zero-order valence-electron chi connectivity index (χ0n) is 18.0. The monoisotopic (exact) mass is 460 g/mol. The van der Waals surface area contributed by atoms with E-state index in [1.54, 1.807) is 6.07 Å². The molecule has 0 aliphatic heterocycles. The number of ether oxygens (including phenoxy) is 1. The smallest absolute Gasteiger partial charge is 0.233 e. The molecule has 8 heteroatoms. The fraction of sp³-hybridized carbons (Fsp3) is 0.609. The number of para-hydroxylation sites is 1. The van der Waals surface area contributed by atoms with Crippen LogP contribution in [0.1, 0.15) is 51.3 Å². The van der Waals surface area contributed by atoms with Crippen LogP contribution in [0.5, 0.6) is 5.75 Å². The number of rotatable bonds is 7. The van der Waals surface area contributed by atoms with Gasteiger partial charge in [0.1, 0.15) is 12.4 Å². The number of aromatic nitrogens is 3. The molecule has 31 heavy (non-hydrogen) atoms. The van der Waals surface area contributed by atoms with Gasteiger partial charge in [0.05, 0.1) is 10.3 Å². The molecule has 4 saturated carbocycles. The summed E-state index contributed by atoms with van der Waals surface area (Å²) in [6.07, 6.45) is 7.60. The Bertz CT molecular complexity index is 943. The molecule has 4 aliphatic rings. The predicted molar refractivity (Wildman–Crippen MR) is 121 cm³/mol. The molecule has 1 N–H and O–H groups in total. The highest BCUT2D eigenvalue weighted by atomic mass is 35.5. The third-order valence-electron chi connectivity index (χ3n) is 7.20. The van der Waals surface area contributed by atoms with Crippen molar-refractivity contribution in [3.05, 3.63) is 35.1 Å². The molecule has 4 aliphatic carbocycles.